The van der Waals surface area contributed by atoms with Crippen molar-refractivity contribution >= 4 is 28.5 Å². The van der Waals surface area contributed by atoms with Gasteiger partial charge in [-0.25, -0.2) is 4.98 Å². The summed E-state index contributed by atoms with van der Waals surface area (Å²) in [6.45, 7) is 3.79. The molecule has 0 aliphatic carbocycles. The van der Waals surface area contributed by atoms with Crippen molar-refractivity contribution in [1.29, 1.82) is 0 Å². The molecule has 0 saturated carbocycles. The lowest BCUT2D eigenvalue weighted by Crippen LogP contribution is -2.01. The number of rotatable bonds is 2. The van der Waals surface area contributed by atoms with E-state index in [1.807, 2.05) is 13.8 Å². The van der Waals surface area contributed by atoms with Crippen LogP contribution in [0.5, 0.6) is 0 Å². The summed E-state index contributed by atoms with van der Waals surface area (Å²) in [4.78, 5) is 15.4. The van der Waals surface area contributed by atoms with Gasteiger partial charge in [-0.15, -0.1) is 0 Å². The third-order valence-electron chi connectivity index (χ3n) is 1.53. The van der Waals surface area contributed by atoms with Crippen molar-refractivity contribution in [2.45, 2.75) is 13.8 Å². The summed E-state index contributed by atoms with van der Waals surface area (Å²) in [6, 6.07) is 3.49. The second-order valence-corrected chi connectivity index (χ2v) is 4.14. The minimum absolute atomic E-state index is 0.0116. The van der Waals surface area contributed by atoms with E-state index in [1.54, 1.807) is 12.1 Å². The maximum atomic E-state index is 11.5. The van der Waals surface area contributed by atoms with Crippen molar-refractivity contribution in [3.63, 3.8) is 0 Å². The number of carbonyl (C=O) groups excluding carboxylic acids is 1. The molecule has 0 aliphatic rings. The number of halogens is 1. The Labute approximate surface area is 86.7 Å². The van der Waals surface area contributed by atoms with Crippen molar-refractivity contribution in [3.8, 4) is 0 Å². The molecule has 70 valence electrons. The number of aryl methyl sites for hydroxylation is 1. The predicted molar refractivity (Wildman–Crippen MR) is 56.4 cm³/mol. The fourth-order valence-corrected chi connectivity index (χ4v) is 1.66. The van der Waals surface area contributed by atoms with Crippen LogP contribution in [-0.2, 0) is 0 Å². The molecule has 2 nitrogen and oxygen atoms in total. The summed E-state index contributed by atoms with van der Waals surface area (Å²) in [6.07, 6.45) is 0. The minimum atomic E-state index is -0.0116. The van der Waals surface area contributed by atoms with Gasteiger partial charge < -0.3 is 0 Å². The highest BCUT2D eigenvalue weighted by Crippen LogP contribution is 2.16. The van der Waals surface area contributed by atoms with Gasteiger partial charge in [0.2, 0.25) is 5.12 Å². The molecular weight excluding hydrogens is 206 g/mol. The van der Waals surface area contributed by atoms with Gasteiger partial charge in [0.05, 0.1) is 0 Å². The number of hydrogen-bond donors (Lipinski definition) is 0. The number of nitrogens with zero attached hydrogens (tertiary/aromatic N) is 1. The zero-order valence-electron chi connectivity index (χ0n) is 7.50. The second kappa shape index (κ2) is 4.63. The molecule has 13 heavy (non-hydrogen) atoms. The fraction of sp³-hybridized carbons (Fsp3) is 0.333. The Morgan fingerprint density at radius 2 is 2.31 bits per heavy atom. The lowest BCUT2D eigenvalue weighted by molar-refractivity contribution is 0.108. The number of carbonyl (C=O) groups is 1. The molecule has 1 heterocycles. The van der Waals surface area contributed by atoms with Gasteiger partial charge in [-0.2, -0.15) is 0 Å². The van der Waals surface area contributed by atoms with E-state index in [0.29, 0.717) is 10.8 Å². The van der Waals surface area contributed by atoms with Gasteiger partial charge in [-0.1, -0.05) is 36.4 Å². The van der Waals surface area contributed by atoms with E-state index >= 15 is 0 Å². The Morgan fingerprint density at radius 3 is 2.92 bits per heavy atom. The van der Waals surface area contributed by atoms with Gasteiger partial charge in [0, 0.05) is 0 Å². The Morgan fingerprint density at radius 1 is 1.62 bits per heavy atom. The molecule has 1 aromatic rings. The van der Waals surface area contributed by atoms with Crippen molar-refractivity contribution in [2.24, 2.45) is 0 Å². The lowest BCUT2D eigenvalue weighted by atomic mass is 10.2. The zero-order valence-corrected chi connectivity index (χ0v) is 9.08. The Bertz CT molecular complexity index is 327. The van der Waals surface area contributed by atoms with Gasteiger partial charge in [0.15, 0.2) is 0 Å². The number of pyridine rings is 1. The second-order valence-electron chi connectivity index (χ2n) is 2.52. The van der Waals surface area contributed by atoms with E-state index in [1.165, 1.54) is 11.8 Å². The molecule has 0 spiro atoms. The Hall–Kier alpha value is -0.540. The van der Waals surface area contributed by atoms with Crippen LogP contribution in [0.1, 0.15) is 23.0 Å². The first kappa shape index (κ1) is 10.5. The molecule has 0 unspecified atom stereocenters. The molecule has 0 aliphatic heterocycles. The molecule has 1 rings (SSSR count). The van der Waals surface area contributed by atoms with E-state index in [9.17, 15) is 4.79 Å². The fourth-order valence-electron chi connectivity index (χ4n) is 0.911. The highest BCUT2D eigenvalue weighted by atomic mass is 35.5. The molecular formula is C9H10ClNOS. The number of aromatic nitrogens is 1. The molecule has 0 N–H and O–H groups in total. The first-order chi connectivity index (χ1) is 6.15. The normalized spacial score (nSPS) is 10.1. The smallest absolute Gasteiger partial charge is 0.238 e. The molecule has 0 bridgehead atoms. The lowest BCUT2D eigenvalue weighted by Gasteiger charge is -2.02. The molecule has 0 amide bonds. The van der Waals surface area contributed by atoms with Crippen LogP contribution in [0.3, 0.4) is 0 Å². The molecule has 0 radical (unpaired) electrons. The van der Waals surface area contributed by atoms with Crippen LogP contribution < -0.4 is 0 Å². The van der Waals surface area contributed by atoms with Crippen molar-refractivity contribution in [3.05, 3.63) is 28.5 Å². The summed E-state index contributed by atoms with van der Waals surface area (Å²) >= 11 is 6.94. The average molecular weight is 216 g/mol. The van der Waals surface area contributed by atoms with Crippen LogP contribution in [0.4, 0.5) is 0 Å². The van der Waals surface area contributed by atoms with E-state index in [2.05, 4.69) is 4.98 Å². The quantitative estimate of drug-likeness (QED) is 0.711. The summed E-state index contributed by atoms with van der Waals surface area (Å²) in [5.41, 5.74) is 1.34. The minimum Gasteiger partial charge on any atom is -0.280 e. The van der Waals surface area contributed by atoms with Crippen LogP contribution in [0.2, 0.25) is 5.15 Å². The largest absolute Gasteiger partial charge is 0.280 e. The van der Waals surface area contributed by atoms with Crippen molar-refractivity contribution in [1.82, 2.24) is 4.98 Å². The summed E-state index contributed by atoms with van der Waals surface area (Å²) in [7, 11) is 0. The monoisotopic (exact) mass is 215 g/mol. The highest BCUT2D eigenvalue weighted by Gasteiger charge is 2.10. The van der Waals surface area contributed by atoms with Gasteiger partial charge in [0.1, 0.15) is 10.8 Å². The van der Waals surface area contributed by atoms with Crippen LogP contribution in [0.15, 0.2) is 12.1 Å². The summed E-state index contributed by atoms with van der Waals surface area (Å²) < 4.78 is 0. The van der Waals surface area contributed by atoms with Crippen molar-refractivity contribution in [2.75, 3.05) is 5.75 Å². The van der Waals surface area contributed by atoms with Crippen LogP contribution in [0, 0.1) is 6.92 Å². The standard InChI is InChI=1S/C9H10ClNOS/c1-3-13-9(12)8-6(2)4-5-7(10)11-8/h4-5H,3H2,1-2H3. The molecule has 0 saturated heterocycles. The van der Waals surface area contributed by atoms with Crippen LogP contribution >= 0.6 is 23.4 Å². The molecule has 0 aromatic carbocycles. The van der Waals surface area contributed by atoms with Gasteiger partial charge in [-0.05, 0) is 24.3 Å². The Kier molecular flexibility index (Phi) is 3.75. The van der Waals surface area contributed by atoms with E-state index in [0.717, 1.165) is 11.3 Å². The van der Waals surface area contributed by atoms with E-state index in [-0.39, 0.29) is 5.12 Å². The van der Waals surface area contributed by atoms with Crippen LogP contribution in [-0.4, -0.2) is 15.9 Å². The summed E-state index contributed by atoms with van der Waals surface area (Å²) in [5.74, 6) is 0.756. The van der Waals surface area contributed by atoms with Gasteiger partial charge in [0.25, 0.3) is 0 Å². The molecule has 0 fully saturated rings. The topological polar surface area (TPSA) is 30.0 Å². The van der Waals surface area contributed by atoms with Gasteiger partial charge >= 0.3 is 0 Å². The summed E-state index contributed by atoms with van der Waals surface area (Å²) in [5, 5.41) is 0.355. The molecule has 1 aromatic heterocycles. The first-order valence-corrected chi connectivity index (χ1v) is 5.31. The first-order valence-electron chi connectivity index (χ1n) is 3.95. The van der Waals surface area contributed by atoms with Gasteiger partial charge in [-0.3, -0.25) is 4.79 Å². The zero-order chi connectivity index (χ0) is 9.84. The number of thioether (sulfide) groups is 1. The molecule has 4 heteroatoms. The maximum absolute atomic E-state index is 11.5. The number of hydrogen-bond acceptors (Lipinski definition) is 3. The average Bonchev–Trinajstić information content (AvgIpc) is 2.09. The van der Waals surface area contributed by atoms with Crippen LogP contribution in [0.25, 0.3) is 0 Å². The van der Waals surface area contributed by atoms with Crippen molar-refractivity contribution < 1.29 is 4.79 Å². The maximum Gasteiger partial charge on any atom is 0.238 e. The highest BCUT2D eigenvalue weighted by molar-refractivity contribution is 8.14. The predicted octanol–water partition coefficient (Wildman–Crippen LogP) is 2.94. The third kappa shape index (κ3) is 2.71. The Balaban J connectivity index is 2.99. The SMILES string of the molecule is CCSC(=O)c1nc(Cl)ccc1C. The van der Waals surface area contributed by atoms with E-state index < -0.39 is 0 Å². The third-order valence-corrected chi connectivity index (χ3v) is 2.49. The molecule has 0 atom stereocenters. The van der Waals surface area contributed by atoms with E-state index in [4.69, 9.17) is 11.6 Å².